The van der Waals surface area contributed by atoms with E-state index in [4.69, 9.17) is 17.4 Å². The van der Waals surface area contributed by atoms with Crippen LogP contribution in [-0.4, -0.2) is 0 Å². The van der Waals surface area contributed by atoms with E-state index in [0.717, 1.165) is 15.6 Å². The number of nitrogens with two attached hydrogens (primary N) is 1. The maximum Gasteiger partial charge on any atom is 0.0716 e. The third-order valence-electron chi connectivity index (χ3n) is 3.52. The van der Waals surface area contributed by atoms with Gasteiger partial charge in [-0.1, -0.05) is 70.0 Å². The molecule has 1 atom stereocenters. The van der Waals surface area contributed by atoms with E-state index in [1.807, 2.05) is 36.4 Å². The van der Waals surface area contributed by atoms with Crippen LogP contribution in [0.3, 0.4) is 0 Å². The Morgan fingerprint density at radius 1 is 1.00 bits per heavy atom. The largest absolute Gasteiger partial charge is 0.271 e. The van der Waals surface area contributed by atoms with E-state index < -0.39 is 0 Å². The SMILES string of the molecule is NNC(c1cc(Cl)cc(Br)c1)c1cccc2ccccc12. The van der Waals surface area contributed by atoms with Gasteiger partial charge in [-0.25, -0.2) is 5.43 Å². The van der Waals surface area contributed by atoms with Crippen LogP contribution in [0, 0.1) is 0 Å². The molecule has 0 amide bonds. The van der Waals surface area contributed by atoms with Gasteiger partial charge < -0.3 is 0 Å². The lowest BCUT2D eigenvalue weighted by molar-refractivity contribution is 0.641. The summed E-state index contributed by atoms with van der Waals surface area (Å²) in [5.41, 5.74) is 5.05. The fourth-order valence-electron chi connectivity index (χ4n) is 2.61. The highest BCUT2D eigenvalue weighted by Crippen LogP contribution is 2.31. The van der Waals surface area contributed by atoms with Gasteiger partial charge in [-0.2, -0.15) is 0 Å². The minimum Gasteiger partial charge on any atom is -0.271 e. The maximum absolute atomic E-state index is 6.16. The topological polar surface area (TPSA) is 38.0 Å². The van der Waals surface area contributed by atoms with Crippen molar-refractivity contribution in [2.24, 2.45) is 5.84 Å². The predicted octanol–water partition coefficient (Wildman–Crippen LogP) is 4.81. The molecule has 0 aromatic heterocycles. The molecule has 0 fully saturated rings. The normalized spacial score (nSPS) is 12.5. The highest BCUT2D eigenvalue weighted by atomic mass is 79.9. The molecule has 0 bridgehead atoms. The van der Waals surface area contributed by atoms with Crippen LogP contribution in [0.4, 0.5) is 0 Å². The smallest absolute Gasteiger partial charge is 0.0716 e. The molecule has 0 aliphatic heterocycles. The van der Waals surface area contributed by atoms with E-state index in [0.29, 0.717) is 5.02 Å². The molecule has 0 aliphatic rings. The number of nitrogens with one attached hydrogen (secondary N) is 1. The van der Waals surface area contributed by atoms with Gasteiger partial charge in [0.2, 0.25) is 0 Å². The van der Waals surface area contributed by atoms with E-state index in [2.05, 4.69) is 45.6 Å². The summed E-state index contributed by atoms with van der Waals surface area (Å²) in [6, 6.07) is 20.2. The Kier molecular flexibility index (Phi) is 4.27. The van der Waals surface area contributed by atoms with Crippen LogP contribution in [0.1, 0.15) is 17.2 Å². The van der Waals surface area contributed by atoms with Crippen LogP contribution in [0.15, 0.2) is 65.1 Å². The monoisotopic (exact) mass is 360 g/mol. The van der Waals surface area contributed by atoms with Crippen molar-refractivity contribution >= 4 is 38.3 Å². The number of hydrazine groups is 1. The van der Waals surface area contributed by atoms with Crippen molar-refractivity contribution < 1.29 is 0 Å². The van der Waals surface area contributed by atoms with E-state index >= 15 is 0 Å². The number of benzene rings is 3. The Morgan fingerprint density at radius 2 is 1.76 bits per heavy atom. The summed E-state index contributed by atoms with van der Waals surface area (Å²) in [6.07, 6.45) is 0. The number of hydrogen-bond acceptors (Lipinski definition) is 2. The van der Waals surface area contributed by atoms with Gasteiger partial charge in [-0.3, -0.25) is 5.84 Å². The van der Waals surface area contributed by atoms with Crippen LogP contribution >= 0.6 is 27.5 Å². The third kappa shape index (κ3) is 2.97. The fourth-order valence-corrected chi connectivity index (χ4v) is 3.50. The standard InChI is InChI=1S/C17H14BrClN2/c18-13-8-12(9-14(19)10-13)17(21-20)16-7-3-5-11-4-1-2-6-15(11)16/h1-10,17,21H,20H2. The minimum atomic E-state index is -0.119. The van der Waals surface area contributed by atoms with E-state index in [-0.39, 0.29) is 6.04 Å². The molecule has 3 aromatic rings. The minimum absolute atomic E-state index is 0.119. The summed E-state index contributed by atoms with van der Waals surface area (Å²) in [7, 11) is 0. The van der Waals surface area contributed by atoms with Gasteiger partial charge in [0.1, 0.15) is 0 Å². The predicted molar refractivity (Wildman–Crippen MR) is 92.3 cm³/mol. The van der Waals surface area contributed by atoms with Crippen molar-refractivity contribution in [3.8, 4) is 0 Å². The van der Waals surface area contributed by atoms with Crippen molar-refractivity contribution in [1.29, 1.82) is 0 Å². The first-order valence-corrected chi connectivity index (χ1v) is 7.76. The van der Waals surface area contributed by atoms with E-state index in [9.17, 15) is 0 Å². The van der Waals surface area contributed by atoms with Gasteiger partial charge in [-0.15, -0.1) is 0 Å². The van der Waals surface area contributed by atoms with Crippen LogP contribution < -0.4 is 11.3 Å². The van der Waals surface area contributed by atoms with E-state index in [1.54, 1.807) is 0 Å². The van der Waals surface area contributed by atoms with Crippen molar-refractivity contribution in [2.45, 2.75) is 6.04 Å². The van der Waals surface area contributed by atoms with Crippen LogP contribution in [0.25, 0.3) is 10.8 Å². The lowest BCUT2D eigenvalue weighted by Crippen LogP contribution is -2.29. The number of rotatable bonds is 3. The summed E-state index contributed by atoms with van der Waals surface area (Å²) >= 11 is 9.64. The Hall–Kier alpha value is -1.39. The first kappa shape index (κ1) is 14.5. The zero-order valence-corrected chi connectivity index (χ0v) is 13.5. The van der Waals surface area contributed by atoms with Gasteiger partial charge >= 0.3 is 0 Å². The highest BCUT2D eigenvalue weighted by molar-refractivity contribution is 9.10. The molecule has 2 nitrogen and oxygen atoms in total. The zero-order valence-electron chi connectivity index (χ0n) is 11.2. The van der Waals surface area contributed by atoms with Crippen molar-refractivity contribution in [2.75, 3.05) is 0 Å². The quantitative estimate of drug-likeness (QED) is 0.519. The Bertz CT molecular complexity index is 763. The Balaban J connectivity index is 2.18. The first-order chi connectivity index (χ1) is 10.2. The molecule has 106 valence electrons. The molecule has 0 heterocycles. The number of halogens is 2. The van der Waals surface area contributed by atoms with E-state index in [1.165, 1.54) is 10.8 Å². The third-order valence-corrected chi connectivity index (χ3v) is 4.20. The zero-order chi connectivity index (χ0) is 14.8. The molecule has 0 saturated carbocycles. The molecule has 3 N–H and O–H groups in total. The molecule has 0 radical (unpaired) electrons. The van der Waals surface area contributed by atoms with Crippen LogP contribution in [0.2, 0.25) is 5.02 Å². The van der Waals surface area contributed by atoms with Gasteiger partial charge in [0.25, 0.3) is 0 Å². The average molecular weight is 362 g/mol. The van der Waals surface area contributed by atoms with Gasteiger partial charge in [0.05, 0.1) is 6.04 Å². The molecule has 0 spiro atoms. The van der Waals surface area contributed by atoms with Crippen molar-refractivity contribution in [1.82, 2.24) is 5.43 Å². The molecular formula is C17H14BrClN2. The van der Waals surface area contributed by atoms with Crippen LogP contribution in [0.5, 0.6) is 0 Å². The van der Waals surface area contributed by atoms with Gasteiger partial charge in [0, 0.05) is 9.50 Å². The van der Waals surface area contributed by atoms with Crippen molar-refractivity contribution in [3.05, 3.63) is 81.3 Å². The fraction of sp³-hybridized carbons (Fsp3) is 0.0588. The molecule has 0 aliphatic carbocycles. The lowest BCUT2D eigenvalue weighted by Gasteiger charge is -2.19. The second kappa shape index (κ2) is 6.16. The molecule has 1 unspecified atom stereocenters. The maximum atomic E-state index is 6.16. The average Bonchev–Trinajstić information content (AvgIpc) is 2.47. The molecule has 3 aromatic carbocycles. The van der Waals surface area contributed by atoms with Gasteiger partial charge in [0.15, 0.2) is 0 Å². The molecule has 4 heteroatoms. The Morgan fingerprint density at radius 3 is 2.52 bits per heavy atom. The second-order valence-corrected chi connectivity index (χ2v) is 6.22. The first-order valence-electron chi connectivity index (χ1n) is 6.59. The molecule has 21 heavy (non-hydrogen) atoms. The van der Waals surface area contributed by atoms with Gasteiger partial charge in [-0.05, 0) is 40.1 Å². The number of hydrogen-bond donors (Lipinski definition) is 2. The summed E-state index contributed by atoms with van der Waals surface area (Å²) in [5.74, 6) is 5.82. The highest BCUT2D eigenvalue weighted by Gasteiger charge is 2.16. The lowest BCUT2D eigenvalue weighted by atomic mass is 9.94. The summed E-state index contributed by atoms with van der Waals surface area (Å²) in [4.78, 5) is 0. The Labute approximate surface area is 137 Å². The van der Waals surface area contributed by atoms with Crippen molar-refractivity contribution in [3.63, 3.8) is 0 Å². The molecule has 3 rings (SSSR count). The van der Waals surface area contributed by atoms with Crippen LogP contribution in [-0.2, 0) is 0 Å². The second-order valence-electron chi connectivity index (χ2n) is 4.87. The number of fused-ring (bicyclic) bond motifs is 1. The molecular weight excluding hydrogens is 348 g/mol. The summed E-state index contributed by atoms with van der Waals surface area (Å²) in [5, 5.41) is 3.05. The summed E-state index contributed by atoms with van der Waals surface area (Å²) in [6.45, 7) is 0. The summed E-state index contributed by atoms with van der Waals surface area (Å²) < 4.78 is 0.936. The molecule has 0 saturated heterocycles.